The van der Waals surface area contributed by atoms with Gasteiger partial charge in [-0.2, -0.15) is 4.37 Å². The highest BCUT2D eigenvalue weighted by Gasteiger charge is 2.22. The lowest BCUT2D eigenvalue weighted by molar-refractivity contribution is 0.0946. The van der Waals surface area contributed by atoms with E-state index in [-0.39, 0.29) is 22.8 Å². The van der Waals surface area contributed by atoms with Gasteiger partial charge in [0.25, 0.3) is 11.8 Å². The lowest BCUT2D eigenvalue weighted by atomic mass is 10.2. The van der Waals surface area contributed by atoms with Gasteiger partial charge in [0.05, 0.1) is 18.5 Å². The molecule has 0 unspecified atom stereocenters. The van der Waals surface area contributed by atoms with Gasteiger partial charge in [-0.3, -0.25) is 9.59 Å². The number of benzene rings is 1. The van der Waals surface area contributed by atoms with Crippen molar-refractivity contribution in [2.24, 2.45) is 0 Å². The van der Waals surface area contributed by atoms with Crippen LogP contribution in [-0.2, 0) is 13.1 Å². The van der Waals surface area contributed by atoms with E-state index in [1.54, 1.807) is 12.1 Å². The third kappa shape index (κ3) is 4.04. The molecule has 0 aliphatic rings. The number of nitrogen functional groups attached to an aromatic ring is 1. The molecule has 0 saturated carbocycles. The van der Waals surface area contributed by atoms with Crippen LogP contribution in [0.5, 0.6) is 0 Å². The van der Waals surface area contributed by atoms with Gasteiger partial charge < -0.3 is 20.8 Å². The summed E-state index contributed by atoms with van der Waals surface area (Å²) in [6.07, 6.45) is 1.53. The van der Waals surface area contributed by atoms with E-state index in [1.807, 2.05) is 30.3 Å². The van der Waals surface area contributed by atoms with Gasteiger partial charge >= 0.3 is 0 Å². The van der Waals surface area contributed by atoms with Crippen LogP contribution in [0.2, 0.25) is 0 Å². The minimum absolute atomic E-state index is 0.0593. The minimum Gasteiger partial charge on any atom is -0.467 e. The molecular formula is C17H16N4O3S. The zero-order valence-electron chi connectivity index (χ0n) is 13.2. The fraction of sp³-hybridized carbons (Fsp3) is 0.118. The van der Waals surface area contributed by atoms with E-state index < -0.39 is 11.8 Å². The van der Waals surface area contributed by atoms with E-state index in [4.69, 9.17) is 10.2 Å². The number of furan rings is 1. The normalized spacial score (nSPS) is 10.4. The highest BCUT2D eigenvalue weighted by Crippen LogP contribution is 2.21. The fourth-order valence-corrected chi connectivity index (χ4v) is 2.86. The van der Waals surface area contributed by atoms with Gasteiger partial charge in [-0.25, -0.2) is 0 Å². The number of carbonyl (C=O) groups excluding carboxylic acids is 2. The summed E-state index contributed by atoms with van der Waals surface area (Å²) in [4.78, 5) is 24.6. The summed E-state index contributed by atoms with van der Waals surface area (Å²) in [5.74, 6) is -0.187. The van der Waals surface area contributed by atoms with Gasteiger partial charge in [-0.15, -0.1) is 0 Å². The van der Waals surface area contributed by atoms with Crippen LogP contribution in [0, 0.1) is 0 Å². The zero-order valence-corrected chi connectivity index (χ0v) is 14.0. The van der Waals surface area contributed by atoms with Gasteiger partial charge in [0.1, 0.15) is 10.6 Å². The quantitative estimate of drug-likeness (QED) is 0.627. The van der Waals surface area contributed by atoms with Crippen molar-refractivity contribution < 1.29 is 14.0 Å². The first kappa shape index (κ1) is 16.7. The first-order valence-electron chi connectivity index (χ1n) is 7.53. The maximum atomic E-state index is 12.2. The lowest BCUT2D eigenvalue weighted by Gasteiger charge is -2.04. The molecule has 128 valence electrons. The molecule has 0 bridgehead atoms. The van der Waals surface area contributed by atoms with Crippen molar-refractivity contribution >= 4 is 29.0 Å². The van der Waals surface area contributed by atoms with Crippen LogP contribution in [-0.4, -0.2) is 16.2 Å². The standard InChI is InChI=1S/C17H16N4O3S/c18-13-14(16(22)19-9-11-5-2-1-3-6-11)21-25-15(13)17(23)20-10-12-7-4-8-24-12/h1-8H,9-10,18H2,(H,19,22)(H,20,23). The van der Waals surface area contributed by atoms with Crippen LogP contribution < -0.4 is 16.4 Å². The Balaban J connectivity index is 1.61. The van der Waals surface area contributed by atoms with E-state index in [0.717, 1.165) is 17.1 Å². The van der Waals surface area contributed by atoms with Crippen LogP contribution in [0.4, 0.5) is 5.69 Å². The Morgan fingerprint density at radius 3 is 2.52 bits per heavy atom. The molecule has 0 radical (unpaired) electrons. The number of rotatable bonds is 6. The van der Waals surface area contributed by atoms with Gasteiger partial charge in [0.15, 0.2) is 5.69 Å². The molecule has 1 aromatic carbocycles. The topological polar surface area (TPSA) is 110 Å². The largest absolute Gasteiger partial charge is 0.467 e. The smallest absolute Gasteiger partial charge is 0.273 e. The number of nitrogens with zero attached hydrogens (tertiary/aromatic N) is 1. The van der Waals surface area contributed by atoms with E-state index in [2.05, 4.69) is 15.0 Å². The number of hydrogen-bond donors (Lipinski definition) is 3. The maximum absolute atomic E-state index is 12.2. The molecule has 0 saturated heterocycles. The van der Waals surface area contributed by atoms with Gasteiger partial charge in [0, 0.05) is 6.54 Å². The van der Waals surface area contributed by atoms with Crippen LogP contribution in [0.25, 0.3) is 0 Å². The average Bonchev–Trinajstić information content (AvgIpc) is 3.28. The summed E-state index contributed by atoms with van der Waals surface area (Å²) in [6.45, 7) is 0.593. The monoisotopic (exact) mass is 356 g/mol. The predicted octanol–water partition coefficient (Wildman–Crippen LogP) is 2.18. The number of aromatic nitrogens is 1. The predicted molar refractivity (Wildman–Crippen MR) is 94.0 cm³/mol. The second-order valence-corrected chi connectivity index (χ2v) is 5.98. The molecule has 7 nitrogen and oxygen atoms in total. The van der Waals surface area contributed by atoms with E-state index in [9.17, 15) is 9.59 Å². The first-order chi connectivity index (χ1) is 12.1. The van der Waals surface area contributed by atoms with Crippen molar-refractivity contribution in [1.82, 2.24) is 15.0 Å². The molecule has 0 fully saturated rings. The molecule has 2 heterocycles. The Labute approximate surface area is 148 Å². The summed E-state index contributed by atoms with van der Waals surface area (Å²) in [6, 6.07) is 13.0. The summed E-state index contributed by atoms with van der Waals surface area (Å²) >= 11 is 0.893. The molecule has 2 aromatic heterocycles. The van der Waals surface area contributed by atoms with Crippen molar-refractivity contribution in [1.29, 1.82) is 0 Å². The van der Waals surface area contributed by atoms with Crippen molar-refractivity contribution in [3.8, 4) is 0 Å². The molecular weight excluding hydrogens is 340 g/mol. The van der Waals surface area contributed by atoms with E-state index in [0.29, 0.717) is 12.3 Å². The van der Waals surface area contributed by atoms with Crippen LogP contribution in [0.15, 0.2) is 53.1 Å². The van der Waals surface area contributed by atoms with Gasteiger partial charge in [-0.05, 0) is 29.2 Å². The highest BCUT2D eigenvalue weighted by atomic mass is 32.1. The Kier molecular flexibility index (Phi) is 5.10. The number of nitrogens with one attached hydrogen (secondary N) is 2. The Bertz CT molecular complexity index is 859. The molecule has 0 spiro atoms. The average molecular weight is 356 g/mol. The summed E-state index contributed by atoms with van der Waals surface area (Å²) in [5.41, 5.74) is 7.02. The third-order valence-electron chi connectivity index (χ3n) is 3.45. The van der Waals surface area contributed by atoms with E-state index in [1.165, 1.54) is 6.26 Å². The second kappa shape index (κ2) is 7.63. The van der Waals surface area contributed by atoms with Crippen molar-refractivity contribution in [3.63, 3.8) is 0 Å². The SMILES string of the molecule is Nc1c(C(=O)NCc2ccccc2)nsc1C(=O)NCc1ccco1. The lowest BCUT2D eigenvalue weighted by Crippen LogP contribution is -2.25. The van der Waals surface area contributed by atoms with Gasteiger partial charge in [-0.1, -0.05) is 30.3 Å². The molecule has 3 rings (SSSR count). The molecule has 2 amide bonds. The molecule has 8 heteroatoms. The number of carbonyl (C=O) groups is 2. The highest BCUT2D eigenvalue weighted by molar-refractivity contribution is 7.09. The third-order valence-corrected chi connectivity index (χ3v) is 4.31. The summed E-state index contributed by atoms with van der Waals surface area (Å²) < 4.78 is 9.16. The van der Waals surface area contributed by atoms with Crippen molar-refractivity contribution in [2.45, 2.75) is 13.1 Å². The van der Waals surface area contributed by atoms with Crippen LogP contribution >= 0.6 is 11.5 Å². The minimum atomic E-state index is -0.414. The molecule has 0 aliphatic heterocycles. The van der Waals surface area contributed by atoms with Crippen LogP contribution in [0.3, 0.4) is 0 Å². The fourth-order valence-electron chi connectivity index (χ4n) is 2.15. The number of anilines is 1. The number of nitrogens with two attached hydrogens (primary N) is 1. The van der Waals surface area contributed by atoms with Crippen molar-refractivity contribution in [3.05, 3.63) is 70.6 Å². The van der Waals surface area contributed by atoms with Crippen molar-refractivity contribution in [2.75, 3.05) is 5.73 Å². The Morgan fingerprint density at radius 1 is 1.04 bits per heavy atom. The summed E-state index contributed by atoms with van der Waals surface area (Å²) in [7, 11) is 0. The molecule has 0 atom stereocenters. The Morgan fingerprint density at radius 2 is 1.80 bits per heavy atom. The number of hydrogen-bond acceptors (Lipinski definition) is 6. The maximum Gasteiger partial charge on any atom is 0.273 e. The molecule has 0 aliphatic carbocycles. The molecule has 4 N–H and O–H groups in total. The molecule has 25 heavy (non-hydrogen) atoms. The van der Waals surface area contributed by atoms with E-state index >= 15 is 0 Å². The molecule has 3 aromatic rings. The second-order valence-electron chi connectivity index (χ2n) is 5.20. The zero-order chi connectivity index (χ0) is 17.6. The number of amides is 2. The first-order valence-corrected chi connectivity index (χ1v) is 8.30. The van der Waals surface area contributed by atoms with Crippen LogP contribution in [0.1, 0.15) is 31.5 Å². The Hall–Kier alpha value is -3.13. The summed E-state index contributed by atoms with van der Waals surface area (Å²) in [5, 5.41) is 5.42. The van der Waals surface area contributed by atoms with Gasteiger partial charge in [0.2, 0.25) is 0 Å².